The lowest BCUT2D eigenvalue weighted by molar-refractivity contribution is 0.606. The average Bonchev–Trinajstić information content (AvgIpc) is 2.16. The Bertz CT molecular complexity index is 321. The quantitative estimate of drug-likeness (QED) is 0.750. The molecule has 1 aromatic heterocycles. The first kappa shape index (κ1) is 13.1. The summed E-state index contributed by atoms with van der Waals surface area (Å²) in [6.07, 6.45) is 2.12. The third-order valence-electron chi connectivity index (χ3n) is 2.28. The van der Waals surface area contributed by atoms with Gasteiger partial charge in [-0.25, -0.2) is 9.97 Å². The number of aromatic nitrogens is 2. The zero-order valence-electron chi connectivity index (χ0n) is 10.9. The largest absolute Gasteiger partial charge is 0.311 e. The van der Waals surface area contributed by atoms with Gasteiger partial charge in [-0.3, -0.25) is 0 Å². The Morgan fingerprint density at radius 3 is 2.69 bits per heavy atom. The van der Waals surface area contributed by atoms with E-state index >= 15 is 0 Å². The smallest absolute Gasteiger partial charge is 0.129 e. The fourth-order valence-electron chi connectivity index (χ4n) is 1.64. The van der Waals surface area contributed by atoms with Crippen molar-refractivity contribution in [2.24, 2.45) is 5.92 Å². The minimum Gasteiger partial charge on any atom is -0.311 e. The molecule has 0 aromatic carbocycles. The van der Waals surface area contributed by atoms with Gasteiger partial charge in [0.25, 0.3) is 0 Å². The summed E-state index contributed by atoms with van der Waals surface area (Å²) in [5.74, 6) is 1.58. The molecule has 90 valence electrons. The zero-order valence-corrected chi connectivity index (χ0v) is 10.9. The summed E-state index contributed by atoms with van der Waals surface area (Å²) in [7, 11) is 0. The number of aryl methyl sites for hydroxylation is 1. The van der Waals surface area contributed by atoms with Crippen molar-refractivity contribution in [3.05, 3.63) is 23.3 Å². The molecule has 0 amide bonds. The standard InChI is InChI=1S/C13H23N3/c1-5-6-14-9-12-8-11(4)15-13(16-12)7-10(2)3/h8,10,14H,5-7,9H2,1-4H3. The van der Waals surface area contributed by atoms with Gasteiger partial charge in [-0.1, -0.05) is 20.8 Å². The van der Waals surface area contributed by atoms with Gasteiger partial charge in [0.15, 0.2) is 0 Å². The lowest BCUT2D eigenvalue weighted by Gasteiger charge is -2.08. The van der Waals surface area contributed by atoms with E-state index in [0.29, 0.717) is 5.92 Å². The highest BCUT2D eigenvalue weighted by molar-refractivity contribution is 5.10. The van der Waals surface area contributed by atoms with Gasteiger partial charge in [-0.2, -0.15) is 0 Å². The molecule has 0 atom stereocenters. The van der Waals surface area contributed by atoms with E-state index in [-0.39, 0.29) is 0 Å². The molecule has 0 aliphatic heterocycles. The Morgan fingerprint density at radius 1 is 1.31 bits per heavy atom. The molecular formula is C13H23N3. The van der Waals surface area contributed by atoms with Crippen LogP contribution in [0.15, 0.2) is 6.07 Å². The van der Waals surface area contributed by atoms with Crippen LogP contribution < -0.4 is 5.32 Å². The molecule has 0 aliphatic carbocycles. The fourth-order valence-corrected chi connectivity index (χ4v) is 1.64. The molecule has 1 rings (SSSR count). The minimum absolute atomic E-state index is 0.609. The topological polar surface area (TPSA) is 37.8 Å². The summed E-state index contributed by atoms with van der Waals surface area (Å²) in [5, 5.41) is 3.37. The predicted molar refractivity (Wildman–Crippen MR) is 67.3 cm³/mol. The molecule has 1 heterocycles. The maximum atomic E-state index is 4.57. The maximum absolute atomic E-state index is 4.57. The number of nitrogens with one attached hydrogen (secondary N) is 1. The van der Waals surface area contributed by atoms with E-state index in [1.807, 2.05) is 6.92 Å². The monoisotopic (exact) mass is 221 g/mol. The van der Waals surface area contributed by atoms with E-state index < -0.39 is 0 Å². The SMILES string of the molecule is CCCNCc1cc(C)nc(CC(C)C)n1. The number of hydrogen-bond donors (Lipinski definition) is 1. The highest BCUT2D eigenvalue weighted by Crippen LogP contribution is 2.06. The lowest BCUT2D eigenvalue weighted by atomic mass is 10.1. The van der Waals surface area contributed by atoms with E-state index in [2.05, 4.69) is 42.1 Å². The summed E-state index contributed by atoms with van der Waals surface area (Å²) in [6, 6.07) is 2.06. The molecule has 0 radical (unpaired) electrons. The first-order chi connectivity index (χ1) is 7.61. The highest BCUT2D eigenvalue weighted by atomic mass is 14.9. The third-order valence-corrected chi connectivity index (χ3v) is 2.28. The van der Waals surface area contributed by atoms with Crippen LogP contribution in [-0.2, 0) is 13.0 Å². The van der Waals surface area contributed by atoms with Gasteiger partial charge < -0.3 is 5.32 Å². The predicted octanol–water partition coefficient (Wildman–Crippen LogP) is 2.48. The Balaban J connectivity index is 2.65. The van der Waals surface area contributed by atoms with Crippen LogP contribution in [0.1, 0.15) is 44.4 Å². The summed E-state index contributed by atoms with van der Waals surface area (Å²) in [6.45, 7) is 10.5. The van der Waals surface area contributed by atoms with Crippen LogP contribution in [0.2, 0.25) is 0 Å². The molecule has 3 heteroatoms. The minimum atomic E-state index is 0.609. The number of nitrogens with zero attached hydrogens (tertiary/aromatic N) is 2. The molecule has 1 aromatic rings. The second-order valence-electron chi connectivity index (χ2n) is 4.69. The Hall–Kier alpha value is -0.960. The molecule has 0 unspecified atom stereocenters. The molecule has 0 fully saturated rings. The van der Waals surface area contributed by atoms with Crippen molar-refractivity contribution in [3.8, 4) is 0 Å². The molecule has 0 aliphatic rings. The number of rotatable bonds is 6. The summed E-state index contributed by atoms with van der Waals surface area (Å²) in [5.41, 5.74) is 2.18. The van der Waals surface area contributed by atoms with Crippen LogP contribution in [0.25, 0.3) is 0 Å². The van der Waals surface area contributed by atoms with Crippen LogP contribution in [0, 0.1) is 12.8 Å². The van der Waals surface area contributed by atoms with E-state index in [1.54, 1.807) is 0 Å². The van der Waals surface area contributed by atoms with Crippen molar-refractivity contribution < 1.29 is 0 Å². The molecular weight excluding hydrogens is 198 g/mol. The van der Waals surface area contributed by atoms with E-state index in [0.717, 1.165) is 43.1 Å². The van der Waals surface area contributed by atoms with Gasteiger partial charge in [0.05, 0.1) is 5.69 Å². The number of hydrogen-bond acceptors (Lipinski definition) is 3. The first-order valence-electron chi connectivity index (χ1n) is 6.16. The van der Waals surface area contributed by atoms with Crippen LogP contribution in [0.5, 0.6) is 0 Å². The van der Waals surface area contributed by atoms with Crippen LogP contribution in [0.4, 0.5) is 0 Å². The van der Waals surface area contributed by atoms with Crippen molar-refractivity contribution in [2.45, 2.75) is 47.1 Å². The zero-order chi connectivity index (χ0) is 12.0. The van der Waals surface area contributed by atoms with Crippen molar-refractivity contribution in [1.29, 1.82) is 0 Å². The first-order valence-corrected chi connectivity index (χ1v) is 6.16. The van der Waals surface area contributed by atoms with Crippen LogP contribution in [-0.4, -0.2) is 16.5 Å². The van der Waals surface area contributed by atoms with Gasteiger partial charge in [0, 0.05) is 18.7 Å². The molecule has 0 saturated carbocycles. The van der Waals surface area contributed by atoms with Crippen molar-refractivity contribution in [2.75, 3.05) is 6.54 Å². The molecule has 16 heavy (non-hydrogen) atoms. The molecule has 0 bridgehead atoms. The molecule has 1 N–H and O–H groups in total. The summed E-state index contributed by atoms with van der Waals surface area (Å²) < 4.78 is 0. The van der Waals surface area contributed by atoms with Gasteiger partial charge >= 0.3 is 0 Å². The van der Waals surface area contributed by atoms with Gasteiger partial charge in [0.1, 0.15) is 5.82 Å². The summed E-state index contributed by atoms with van der Waals surface area (Å²) >= 11 is 0. The van der Waals surface area contributed by atoms with Crippen molar-refractivity contribution in [3.63, 3.8) is 0 Å². The average molecular weight is 221 g/mol. The van der Waals surface area contributed by atoms with Gasteiger partial charge in [0.2, 0.25) is 0 Å². The highest BCUT2D eigenvalue weighted by Gasteiger charge is 2.04. The van der Waals surface area contributed by atoms with Gasteiger partial charge in [-0.05, 0) is 31.9 Å². The Morgan fingerprint density at radius 2 is 2.06 bits per heavy atom. The van der Waals surface area contributed by atoms with Crippen molar-refractivity contribution in [1.82, 2.24) is 15.3 Å². The van der Waals surface area contributed by atoms with E-state index in [4.69, 9.17) is 0 Å². The van der Waals surface area contributed by atoms with Crippen LogP contribution >= 0.6 is 0 Å². The fraction of sp³-hybridized carbons (Fsp3) is 0.692. The Labute approximate surface area is 98.7 Å². The normalized spacial score (nSPS) is 11.1. The van der Waals surface area contributed by atoms with Crippen molar-refractivity contribution >= 4 is 0 Å². The second-order valence-corrected chi connectivity index (χ2v) is 4.69. The Kier molecular flexibility index (Phi) is 5.39. The van der Waals surface area contributed by atoms with Gasteiger partial charge in [-0.15, -0.1) is 0 Å². The van der Waals surface area contributed by atoms with Crippen LogP contribution in [0.3, 0.4) is 0 Å². The molecule has 0 spiro atoms. The molecule has 3 nitrogen and oxygen atoms in total. The molecule has 0 saturated heterocycles. The lowest BCUT2D eigenvalue weighted by Crippen LogP contribution is -2.16. The van der Waals surface area contributed by atoms with E-state index in [1.165, 1.54) is 0 Å². The third kappa shape index (κ3) is 4.71. The summed E-state index contributed by atoms with van der Waals surface area (Å²) in [4.78, 5) is 9.04. The van der Waals surface area contributed by atoms with E-state index in [9.17, 15) is 0 Å². The second kappa shape index (κ2) is 6.59. The maximum Gasteiger partial charge on any atom is 0.129 e.